The van der Waals surface area contributed by atoms with E-state index < -0.39 is 59.7 Å². The molecule has 10 heteroatoms. The topological polar surface area (TPSA) is 159 Å². The van der Waals surface area contributed by atoms with Crippen molar-refractivity contribution in [3.63, 3.8) is 0 Å². The minimum absolute atomic E-state index is 0.0461. The van der Waals surface area contributed by atoms with E-state index in [1.165, 1.54) is 72.8 Å². The average Bonchev–Trinajstić information content (AvgIpc) is 3.08. The first-order chi connectivity index (χ1) is 21.2. The van der Waals surface area contributed by atoms with Crippen molar-refractivity contribution in [2.24, 2.45) is 0 Å². The molecule has 0 radical (unpaired) electrons. The number of carbonyl (C=O) groups excluding carboxylic acids is 4. The molecule has 1 aliphatic heterocycles. The highest BCUT2D eigenvalue weighted by atomic mass is 16.7. The van der Waals surface area contributed by atoms with Crippen LogP contribution in [0.2, 0.25) is 0 Å². The number of ether oxygens (including phenoxy) is 2. The zero-order chi connectivity index (χ0) is 31.3. The first kappa shape index (κ1) is 30.5. The van der Waals surface area contributed by atoms with Crippen molar-refractivity contribution < 1.29 is 44.0 Å². The van der Waals surface area contributed by atoms with Crippen molar-refractivity contribution in [1.82, 2.24) is 5.32 Å². The van der Waals surface area contributed by atoms with E-state index in [9.17, 15) is 34.5 Å². The third-order valence-electron chi connectivity index (χ3n) is 7.43. The van der Waals surface area contributed by atoms with Gasteiger partial charge in [0, 0.05) is 16.7 Å². The number of benzene rings is 4. The van der Waals surface area contributed by atoms with E-state index in [0.29, 0.717) is 0 Å². The van der Waals surface area contributed by atoms with E-state index >= 15 is 0 Å². The molecule has 4 aromatic carbocycles. The Morgan fingerprint density at radius 1 is 0.659 bits per heavy atom. The van der Waals surface area contributed by atoms with Gasteiger partial charge in [0.25, 0.3) is 11.7 Å². The molecule has 1 amide bonds. The zero-order valence-corrected chi connectivity index (χ0v) is 23.3. The van der Waals surface area contributed by atoms with E-state index in [1.54, 1.807) is 48.5 Å². The Labute approximate surface area is 252 Å². The van der Waals surface area contributed by atoms with E-state index in [4.69, 9.17) is 9.47 Å². The molecule has 0 spiro atoms. The summed E-state index contributed by atoms with van der Waals surface area (Å²) in [4.78, 5) is 55.1. The van der Waals surface area contributed by atoms with Gasteiger partial charge in [0.1, 0.15) is 12.1 Å². The van der Waals surface area contributed by atoms with Crippen molar-refractivity contribution in [2.45, 2.75) is 29.6 Å². The fourth-order valence-corrected chi connectivity index (χ4v) is 5.24. The maximum Gasteiger partial charge on any atom is 0.338 e. The van der Waals surface area contributed by atoms with Gasteiger partial charge in [-0.2, -0.15) is 0 Å². The summed E-state index contributed by atoms with van der Waals surface area (Å²) in [5, 5.41) is 37.5. The number of ketones is 2. The summed E-state index contributed by atoms with van der Waals surface area (Å²) in [6.45, 7) is -0.999. The molecule has 44 heavy (non-hydrogen) atoms. The molecule has 5 rings (SSSR count). The number of nitrogens with one attached hydrogen (secondary N) is 1. The molecule has 0 aromatic heterocycles. The molecule has 1 unspecified atom stereocenters. The number of hydrogen-bond donors (Lipinski definition) is 4. The van der Waals surface area contributed by atoms with Gasteiger partial charge in [-0.1, -0.05) is 97.1 Å². The van der Waals surface area contributed by atoms with E-state index in [1.807, 2.05) is 0 Å². The van der Waals surface area contributed by atoms with Gasteiger partial charge in [0.2, 0.25) is 11.6 Å². The Kier molecular flexibility index (Phi) is 8.79. The molecule has 224 valence electrons. The van der Waals surface area contributed by atoms with Gasteiger partial charge in [-0.15, -0.1) is 0 Å². The molecule has 0 bridgehead atoms. The number of esters is 1. The predicted octanol–water partition coefficient (Wildman–Crippen LogP) is 2.59. The second kappa shape index (κ2) is 12.7. The largest absolute Gasteiger partial charge is 0.452 e. The lowest BCUT2D eigenvalue weighted by Gasteiger charge is -2.53. The van der Waals surface area contributed by atoms with Crippen LogP contribution in [0.5, 0.6) is 0 Å². The van der Waals surface area contributed by atoms with Crippen molar-refractivity contribution >= 4 is 23.4 Å². The molecule has 1 aliphatic rings. The fourth-order valence-electron chi connectivity index (χ4n) is 5.24. The second-order valence-corrected chi connectivity index (χ2v) is 10.2. The number of carbonyl (C=O) groups is 4. The first-order valence-corrected chi connectivity index (χ1v) is 13.7. The van der Waals surface area contributed by atoms with Crippen molar-refractivity contribution in [3.05, 3.63) is 144 Å². The lowest BCUT2D eigenvalue weighted by atomic mass is 9.71. The average molecular weight is 596 g/mol. The summed E-state index contributed by atoms with van der Waals surface area (Å²) < 4.78 is 11.4. The molecule has 1 saturated heterocycles. The summed E-state index contributed by atoms with van der Waals surface area (Å²) in [5.41, 5.74) is -3.12. The molecule has 5 atom stereocenters. The van der Waals surface area contributed by atoms with Crippen LogP contribution >= 0.6 is 0 Å². The molecule has 1 heterocycles. The predicted molar refractivity (Wildman–Crippen MR) is 157 cm³/mol. The van der Waals surface area contributed by atoms with Gasteiger partial charge in [0.05, 0.1) is 12.2 Å². The number of rotatable bonds is 9. The molecule has 0 saturated carbocycles. The standard InChI is InChI=1S/C34H29NO9/c36-21-26-29(43-31(40)25-19-11-4-12-20-25)33(41,27(37)22-13-5-1-6-14-22)32(35-30(39)24-17-9-3-10-18-24)34(42,44-26)28(38)23-15-7-2-8-16-23/h1-20,26,29,32,36,41-42H,21H2,(H,35,39)/t26-,29+,32-,33+,34?/m1/s1. The molecular formula is C34H29NO9. The van der Waals surface area contributed by atoms with Crippen LogP contribution in [0, 0.1) is 0 Å². The van der Waals surface area contributed by atoms with E-state index in [-0.39, 0.29) is 22.3 Å². The number of hydrogen-bond acceptors (Lipinski definition) is 9. The zero-order valence-electron chi connectivity index (χ0n) is 23.3. The second-order valence-electron chi connectivity index (χ2n) is 10.2. The SMILES string of the molecule is O=C(N[C@H]1C(O)(C(=O)c2ccccc2)O[C@H](CO)[C@H](OC(=O)c2ccccc2)[C@@]1(O)C(=O)c1ccccc1)c1ccccc1. The smallest absolute Gasteiger partial charge is 0.338 e. The molecule has 4 aromatic rings. The third-order valence-corrected chi connectivity index (χ3v) is 7.43. The van der Waals surface area contributed by atoms with Crippen molar-refractivity contribution in [3.8, 4) is 0 Å². The van der Waals surface area contributed by atoms with Crippen LogP contribution in [0.1, 0.15) is 41.4 Å². The highest BCUT2D eigenvalue weighted by Gasteiger charge is 2.70. The monoisotopic (exact) mass is 595 g/mol. The Bertz CT molecular complexity index is 1630. The summed E-state index contributed by atoms with van der Waals surface area (Å²) in [5.74, 6) is -7.24. The summed E-state index contributed by atoms with van der Waals surface area (Å²) in [6, 6.07) is 27.9. The van der Waals surface area contributed by atoms with Gasteiger partial charge in [-0.3, -0.25) is 14.4 Å². The molecule has 1 fully saturated rings. The maximum absolute atomic E-state index is 14.3. The quantitative estimate of drug-likeness (QED) is 0.169. The van der Waals surface area contributed by atoms with E-state index in [0.717, 1.165) is 0 Å². The van der Waals surface area contributed by atoms with Crippen LogP contribution in [0.3, 0.4) is 0 Å². The van der Waals surface area contributed by atoms with Crippen LogP contribution in [0.25, 0.3) is 0 Å². The van der Waals surface area contributed by atoms with Crippen LogP contribution in [-0.4, -0.2) is 75.0 Å². The number of aliphatic hydroxyl groups is 3. The van der Waals surface area contributed by atoms with Crippen molar-refractivity contribution in [1.29, 1.82) is 0 Å². The fraction of sp³-hybridized carbons (Fsp3) is 0.176. The lowest BCUT2D eigenvalue weighted by molar-refractivity contribution is -0.305. The highest BCUT2D eigenvalue weighted by Crippen LogP contribution is 2.41. The number of Topliss-reactive ketones (excluding diaryl/α,β-unsaturated/α-hetero) is 2. The van der Waals surface area contributed by atoms with Gasteiger partial charge in [-0.25, -0.2) is 4.79 Å². The molecule has 4 N–H and O–H groups in total. The van der Waals surface area contributed by atoms with E-state index in [2.05, 4.69) is 5.32 Å². The Balaban J connectivity index is 1.71. The van der Waals surface area contributed by atoms with Crippen LogP contribution in [0.4, 0.5) is 0 Å². The van der Waals surface area contributed by atoms with Gasteiger partial charge < -0.3 is 30.1 Å². The van der Waals surface area contributed by atoms with Crippen LogP contribution in [-0.2, 0) is 9.47 Å². The molecule has 10 nitrogen and oxygen atoms in total. The van der Waals surface area contributed by atoms with Gasteiger partial charge >= 0.3 is 5.97 Å². The minimum atomic E-state index is -3.13. The Hall–Kier alpha value is -5.00. The molecular weight excluding hydrogens is 566 g/mol. The first-order valence-electron chi connectivity index (χ1n) is 13.7. The summed E-state index contributed by atoms with van der Waals surface area (Å²) >= 11 is 0. The Morgan fingerprint density at radius 2 is 1.09 bits per heavy atom. The van der Waals surface area contributed by atoms with Gasteiger partial charge in [-0.05, 0) is 24.3 Å². The molecule has 0 aliphatic carbocycles. The van der Waals surface area contributed by atoms with Crippen LogP contribution < -0.4 is 5.32 Å². The lowest BCUT2D eigenvalue weighted by Crippen LogP contribution is -2.81. The summed E-state index contributed by atoms with van der Waals surface area (Å²) in [6.07, 6.45) is -3.82. The highest BCUT2D eigenvalue weighted by molar-refractivity contribution is 6.08. The minimum Gasteiger partial charge on any atom is -0.452 e. The normalized spacial score (nSPS) is 24.6. The number of amides is 1. The van der Waals surface area contributed by atoms with Crippen LogP contribution in [0.15, 0.2) is 121 Å². The Morgan fingerprint density at radius 3 is 1.57 bits per heavy atom. The van der Waals surface area contributed by atoms with Gasteiger partial charge in [0.15, 0.2) is 11.7 Å². The third kappa shape index (κ3) is 5.67. The maximum atomic E-state index is 14.3. The number of aliphatic hydroxyl groups excluding tert-OH is 1. The van der Waals surface area contributed by atoms with Crippen molar-refractivity contribution in [2.75, 3.05) is 6.61 Å². The summed E-state index contributed by atoms with van der Waals surface area (Å²) in [7, 11) is 0.